The van der Waals surface area contributed by atoms with Crippen molar-refractivity contribution in [3.63, 3.8) is 0 Å². The minimum Gasteiger partial charge on any atom is -0.0701 e. The molecule has 0 unspecified atom stereocenters. The third kappa shape index (κ3) is 3.68. The normalized spacial score (nSPS) is 30.0. The van der Waals surface area contributed by atoms with Crippen molar-refractivity contribution in [2.75, 3.05) is 0 Å². The van der Waals surface area contributed by atoms with E-state index in [1.807, 2.05) is 0 Å². The number of halogens is 6. The molecule has 1 rings (SSSR count). The molecule has 1 aliphatic carbocycles. The Kier molecular flexibility index (Phi) is 6.26. The highest BCUT2D eigenvalue weighted by atomic mass is 79.9. The minimum absolute atomic E-state index is 0.162. The minimum atomic E-state index is -0.273. The molecule has 15 heavy (non-hydrogen) atoms. The van der Waals surface area contributed by atoms with E-state index in [9.17, 15) is 0 Å². The zero-order valence-corrected chi connectivity index (χ0v) is 17.5. The Labute approximate surface area is 142 Å². The summed E-state index contributed by atoms with van der Waals surface area (Å²) < 4.78 is -0.598. The Balaban J connectivity index is 2.97. The van der Waals surface area contributed by atoms with Crippen LogP contribution in [0.2, 0.25) is 0 Å². The summed E-state index contributed by atoms with van der Waals surface area (Å²) in [6.45, 7) is 0. The lowest BCUT2D eigenvalue weighted by atomic mass is 10.1. The van der Waals surface area contributed by atoms with Crippen LogP contribution in [0.3, 0.4) is 0 Å². The number of hydrogen-bond acceptors (Lipinski definition) is 0. The quantitative estimate of drug-likeness (QED) is 0.269. The molecule has 0 bridgehead atoms. The molecule has 1 saturated carbocycles. The van der Waals surface area contributed by atoms with Crippen LogP contribution in [0.1, 0.15) is 38.5 Å². The summed E-state index contributed by atoms with van der Waals surface area (Å²) in [5.74, 6) is 0. The van der Waals surface area contributed by atoms with Crippen molar-refractivity contribution in [2.24, 2.45) is 0 Å². The lowest BCUT2D eigenvalue weighted by Gasteiger charge is -2.43. The van der Waals surface area contributed by atoms with Crippen molar-refractivity contribution in [2.45, 2.75) is 48.2 Å². The largest absolute Gasteiger partial charge is 0.130 e. The van der Waals surface area contributed by atoms with E-state index in [4.69, 9.17) is 0 Å². The highest BCUT2D eigenvalue weighted by Gasteiger charge is 2.56. The standard InChI is InChI=1S/C9H12Br6/c10-7(11)5-3-1-2-4-6-8(12,13)9(7,14)15/h1-6H2. The van der Waals surface area contributed by atoms with E-state index in [1.165, 1.54) is 25.7 Å². The van der Waals surface area contributed by atoms with Crippen molar-refractivity contribution < 1.29 is 0 Å². The predicted molar refractivity (Wildman–Crippen MR) is 89.5 cm³/mol. The lowest BCUT2D eigenvalue weighted by molar-refractivity contribution is 0.617. The summed E-state index contributed by atoms with van der Waals surface area (Å²) >= 11 is 22.7. The van der Waals surface area contributed by atoms with Gasteiger partial charge in [0.25, 0.3) is 0 Å². The van der Waals surface area contributed by atoms with Crippen LogP contribution >= 0.6 is 95.6 Å². The van der Waals surface area contributed by atoms with Crippen molar-refractivity contribution in [3.8, 4) is 0 Å². The molecule has 0 atom stereocenters. The fourth-order valence-corrected chi connectivity index (χ4v) is 5.96. The molecular formula is C9H12Br6. The zero-order chi connectivity index (χ0) is 11.7. The molecule has 1 aliphatic rings. The fourth-order valence-electron chi connectivity index (χ4n) is 1.63. The van der Waals surface area contributed by atoms with Crippen LogP contribution in [-0.2, 0) is 0 Å². The number of rotatable bonds is 0. The van der Waals surface area contributed by atoms with E-state index < -0.39 is 0 Å². The fraction of sp³-hybridized carbons (Fsp3) is 1.00. The van der Waals surface area contributed by atoms with Gasteiger partial charge in [-0.3, -0.25) is 0 Å². The van der Waals surface area contributed by atoms with Gasteiger partial charge >= 0.3 is 0 Å². The zero-order valence-electron chi connectivity index (χ0n) is 8.01. The molecule has 0 aromatic heterocycles. The molecule has 90 valence electrons. The van der Waals surface area contributed by atoms with Crippen LogP contribution in [0, 0.1) is 0 Å². The van der Waals surface area contributed by atoms with E-state index in [1.54, 1.807) is 0 Å². The van der Waals surface area contributed by atoms with Gasteiger partial charge in [-0.2, -0.15) is 0 Å². The maximum atomic E-state index is 3.78. The third-order valence-corrected chi connectivity index (χ3v) is 13.6. The van der Waals surface area contributed by atoms with Gasteiger partial charge in [-0.25, -0.2) is 0 Å². The third-order valence-electron chi connectivity index (χ3n) is 2.65. The van der Waals surface area contributed by atoms with E-state index in [-0.39, 0.29) is 9.70 Å². The average molecular weight is 600 g/mol. The SMILES string of the molecule is BrC1(Br)CCCCCCC(Br)(Br)C1(Br)Br. The Bertz CT molecular complexity index is 201. The van der Waals surface area contributed by atoms with Gasteiger partial charge in [0.1, 0.15) is 9.70 Å². The summed E-state index contributed by atoms with van der Waals surface area (Å²) in [6, 6.07) is 0. The molecule has 0 aliphatic heterocycles. The Morgan fingerprint density at radius 2 is 0.867 bits per heavy atom. The second-order valence-corrected chi connectivity index (χ2v) is 14.9. The summed E-state index contributed by atoms with van der Waals surface area (Å²) in [6.07, 6.45) is 7.19. The van der Waals surface area contributed by atoms with Crippen LogP contribution in [0.25, 0.3) is 0 Å². The molecule has 0 nitrogen and oxygen atoms in total. The van der Waals surface area contributed by atoms with Crippen LogP contribution in [0.4, 0.5) is 0 Å². The maximum Gasteiger partial charge on any atom is 0.130 e. The monoisotopic (exact) mass is 594 g/mol. The summed E-state index contributed by atoms with van der Waals surface area (Å²) in [4.78, 5) is 0. The van der Waals surface area contributed by atoms with Crippen LogP contribution in [0.5, 0.6) is 0 Å². The van der Waals surface area contributed by atoms with Crippen LogP contribution < -0.4 is 0 Å². The molecule has 0 spiro atoms. The molecule has 0 amide bonds. The van der Waals surface area contributed by atoms with Crippen molar-refractivity contribution in [3.05, 3.63) is 0 Å². The van der Waals surface area contributed by atoms with Crippen molar-refractivity contribution in [1.82, 2.24) is 0 Å². The topological polar surface area (TPSA) is 0 Å². The first-order valence-corrected chi connectivity index (χ1v) is 9.60. The first kappa shape index (κ1) is 15.9. The second-order valence-electron chi connectivity index (χ2n) is 3.90. The first-order chi connectivity index (χ1) is 6.71. The smallest absolute Gasteiger partial charge is 0.0701 e. The molecular weight excluding hydrogens is 588 g/mol. The Hall–Kier alpha value is 2.88. The second kappa shape index (κ2) is 5.89. The predicted octanol–water partition coefficient (Wildman–Crippen LogP) is 6.80. The van der Waals surface area contributed by atoms with E-state index in [0.29, 0.717) is 0 Å². The lowest BCUT2D eigenvalue weighted by Crippen LogP contribution is -2.47. The molecule has 0 heterocycles. The highest BCUT2D eigenvalue weighted by molar-refractivity contribution is 9.33. The molecule has 0 saturated heterocycles. The van der Waals surface area contributed by atoms with Crippen molar-refractivity contribution >= 4 is 95.6 Å². The van der Waals surface area contributed by atoms with Gasteiger partial charge in [0.05, 0.1) is 0 Å². The van der Waals surface area contributed by atoms with Gasteiger partial charge in [0, 0.05) is 0 Å². The van der Waals surface area contributed by atoms with Gasteiger partial charge in [-0.15, -0.1) is 0 Å². The highest BCUT2D eigenvalue weighted by Crippen LogP contribution is 2.63. The summed E-state index contributed by atoms with van der Waals surface area (Å²) in [7, 11) is 0. The first-order valence-electron chi connectivity index (χ1n) is 4.84. The van der Waals surface area contributed by atoms with E-state index in [2.05, 4.69) is 95.6 Å². The van der Waals surface area contributed by atoms with Gasteiger partial charge in [-0.1, -0.05) is 121 Å². The van der Waals surface area contributed by atoms with E-state index in [0.717, 1.165) is 12.8 Å². The maximum absolute atomic E-state index is 3.78. The molecule has 0 aromatic carbocycles. The van der Waals surface area contributed by atoms with Gasteiger partial charge in [0.15, 0.2) is 0 Å². The molecule has 6 heteroatoms. The molecule has 0 N–H and O–H groups in total. The van der Waals surface area contributed by atoms with Gasteiger partial charge < -0.3 is 0 Å². The van der Waals surface area contributed by atoms with E-state index >= 15 is 0 Å². The molecule has 1 fully saturated rings. The molecule has 0 aromatic rings. The number of alkyl halides is 6. The van der Waals surface area contributed by atoms with Gasteiger partial charge in [-0.05, 0) is 12.8 Å². The summed E-state index contributed by atoms with van der Waals surface area (Å²) in [5, 5.41) is 0. The number of hydrogen-bond donors (Lipinski definition) is 0. The van der Waals surface area contributed by atoms with Crippen LogP contribution in [-0.4, -0.2) is 9.70 Å². The summed E-state index contributed by atoms with van der Waals surface area (Å²) in [5.41, 5.74) is 0. The molecule has 0 radical (unpaired) electrons. The van der Waals surface area contributed by atoms with Crippen LogP contribution in [0.15, 0.2) is 0 Å². The van der Waals surface area contributed by atoms with Gasteiger partial charge in [0.2, 0.25) is 0 Å². The Morgan fingerprint density at radius 1 is 0.533 bits per heavy atom. The van der Waals surface area contributed by atoms with Crippen molar-refractivity contribution in [1.29, 1.82) is 0 Å². The Morgan fingerprint density at radius 3 is 1.20 bits per heavy atom. The average Bonchev–Trinajstić information content (AvgIpc) is 2.11.